The van der Waals surface area contributed by atoms with Gasteiger partial charge in [-0.3, -0.25) is 4.79 Å². The number of hydrogen-bond acceptors (Lipinski definition) is 11. The lowest BCUT2D eigenvalue weighted by molar-refractivity contribution is -0.0335. The fourth-order valence-corrected chi connectivity index (χ4v) is 5.21. The van der Waals surface area contributed by atoms with Crippen molar-refractivity contribution in [2.75, 3.05) is 133 Å². The molecule has 346 valence electrons. The zero-order valence-electron chi connectivity index (χ0n) is 40.1. The van der Waals surface area contributed by atoms with E-state index in [1.54, 1.807) is 21.3 Å². The van der Waals surface area contributed by atoms with Crippen LogP contribution in [-0.2, 0) is 28.4 Å². The largest absolute Gasteiger partial charge is 0.493 e. The van der Waals surface area contributed by atoms with Crippen LogP contribution in [0.3, 0.4) is 0 Å². The van der Waals surface area contributed by atoms with Gasteiger partial charge in [-0.05, 0) is 62.6 Å². The van der Waals surface area contributed by atoms with Crippen LogP contribution in [-0.4, -0.2) is 138 Å². The van der Waals surface area contributed by atoms with Gasteiger partial charge in [0.15, 0.2) is 5.78 Å². The Morgan fingerprint density at radius 3 is 1.62 bits per heavy atom. The average molecular weight is 849 g/mol. The smallest absolute Gasteiger partial charge is 0.162 e. The lowest BCUT2D eigenvalue weighted by Gasteiger charge is -2.28. The molecular formula is C46H93N2O9P. The van der Waals surface area contributed by atoms with Crippen molar-refractivity contribution in [2.45, 2.75) is 115 Å². The molecule has 0 heterocycles. The topological polar surface area (TPSA) is 115 Å². The zero-order chi connectivity index (χ0) is 44.3. The molecule has 1 unspecified atom stereocenters. The SMILES string of the molecule is CCC(C)(C)COCC(C)(C)COCCOC.CCCC.CCCOC.CCCOCCOc1cc(C(=O)CC)cc(OCCPCCNCCNCCOC)c1C. The van der Waals surface area contributed by atoms with Crippen molar-refractivity contribution in [1.29, 1.82) is 0 Å². The summed E-state index contributed by atoms with van der Waals surface area (Å²) in [7, 11) is 5.95. The number of carbonyl (C=O) groups excluding carboxylic acids is 1. The molecule has 0 bridgehead atoms. The van der Waals surface area contributed by atoms with Crippen molar-refractivity contribution in [3.8, 4) is 11.5 Å². The van der Waals surface area contributed by atoms with Crippen molar-refractivity contribution >= 4 is 14.4 Å². The first-order valence-corrected chi connectivity index (χ1v) is 23.5. The maximum absolute atomic E-state index is 12.3. The minimum Gasteiger partial charge on any atom is -0.493 e. The summed E-state index contributed by atoms with van der Waals surface area (Å²) in [5.74, 6) is 1.52. The van der Waals surface area contributed by atoms with Crippen LogP contribution in [0, 0.1) is 17.8 Å². The number of ether oxygens (including phenoxy) is 8. The van der Waals surface area contributed by atoms with Gasteiger partial charge in [0.25, 0.3) is 0 Å². The van der Waals surface area contributed by atoms with Crippen molar-refractivity contribution in [1.82, 2.24) is 10.6 Å². The summed E-state index contributed by atoms with van der Waals surface area (Å²) in [6.45, 7) is 34.8. The fraction of sp³-hybridized carbons (Fsp3) is 0.848. The number of carbonyl (C=O) groups is 1. The molecule has 0 aliphatic heterocycles. The summed E-state index contributed by atoms with van der Waals surface area (Å²) in [5, 5.41) is 6.76. The molecular weight excluding hydrogens is 755 g/mol. The number of methoxy groups -OCH3 is 3. The van der Waals surface area contributed by atoms with Crippen LogP contribution in [0.15, 0.2) is 12.1 Å². The van der Waals surface area contributed by atoms with E-state index in [4.69, 9.17) is 37.9 Å². The highest BCUT2D eigenvalue weighted by atomic mass is 31.1. The molecule has 12 heteroatoms. The minimum absolute atomic E-state index is 0.0670. The molecule has 0 amide bonds. The van der Waals surface area contributed by atoms with E-state index < -0.39 is 0 Å². The maximum Gasteiger partial charge on any atom is 0.162 e. The third kappa shape index (κ3) is 40.0. The Kier molecular flexibility index (Phi) is 45.9. The van der Waals surface area contributed by atoms with Gasteiger partial charge in [-0.1, -0.05) is 82.1 Å². The van der Waals surface area contributed by atoms with E-state index in [2.05, 4.69) is 72.9 Å². The van der Waals surface area contributed by atoms with Crippen LogP contribution in [0.5, 0.6) is 11.5 Å². The fourth-order valence-electron chi connectivity index (χ4n) is 4.36. The summed E-state index contributed by atoms with van der Waals surface area (Å²) >= 11 is 0. The highest BCUT2D eigenvalue weighted by Gasteiger charge is 2.21. The third-order valence-corrected chi connectivity index (χ3v) is 9.70. The standard InChI is InChI=1S/C24H43N2O5P.C14H30O3.C4H10O.C4H10/c1-5-11-29-13-14-30-23-18-21(22(27)6-2)19-24(20(23)3)31-15-17-32-16-10-26-8-7-25-9-12-28-4;1-7-13(2,3)10-17-12-14(4,5)11-16-9-8-15-6;1-3-4-5-2;1-3-4-2/h18-19,25-26,32H,5-17H2,1-4H3;7-12H2,1-6H3;3-4H2,1-2H3;3-4H2,1-2H3. The molecule has 0 radical (unpaired) electrons. The molecule has 58 heavy (non-hydrogen) atoms. The molecule has 0 saturated heterocycles. The van der Waals surface area contributed by atoms with Crippen LogP contribution in [0.25, 0.3) is 0 Å². The van der Waals surface area contributed by atoms with E-state index in [9.17, 15) is 4.79 Å². The van der Waals surface area contributed by atoms with Gasteiger partial charge in [0.05, 0.1) is 52.9 Å². The van der Waals surface area contributed by atoms with Gasteiger partial charge in [0, 0.05) is 77.1 Å². The zero-order valence-corrected chi connectivity index (χ0v) is 41.1. The molecule has 0 aliphatic rings. The van der Waals surface area contributed by atoms with Gasteiger partial charge < -0.3 is 48.5 Å². The van der Waals surface area contributed by atoms with Crippen LogP contribution in [0.1, 0.15) is 124 Å². The monoisotopic (exact) mass is 849 g/mol. The highest BCUT2D eigenvalue weighted by Crippen LogP contribution is 2.31. The number of rotatable bonds is 34. The molecule has 1 aromatic carbocycles. The second kappa shape index (κ2) is 43.7. The lowest BCUT2D eigenvalue weighted by atomic mass is 9.91. The van der Waals surface area contributed by atoms with Crippen LogP contribution >= 0.6 is 8.58 Å². The Morgan fingerprint density at radius 2 is 1.10 bits per heavy atom. The van der Waals surface area contributed by atoms with Crippen molar-refractivity contribution < 1.29 is 42.7 Å². The highest BCUT2D eigenvalue weighted by molar-refractivity contribution is 7.38. The molecule has 1 aromatic rings. The van der Waals surface area contributed by atoms with E-state index in [-0.39, 0.29) is 16.6 Å². The molecule has 0 saturated carbocycles. The van der Waals surface area contributed by atoms with E-state index in [1.165, 1.54) is 12.8 Å². The predicted molar refractivity (Wildman–Crippen MR) is 248 cm³/mol. The van der Waals surface area contributed by atoms with Crippen molar-refractivity contribution in [2.24, 2.45) is 10.8 Å². The maximum atomic E-state index is 12.3. The Labute approximate surface area is 359 Å². The van der Waals surface area contributed by atoms with E-state index >= 15 is 0 Å². The molecule has 1 atom stereocenters. The van der Waals surface area contributed by atoms with Crippen LogP contribution in [0.2, 0.25) is 0 Å². The summed E-state index contributed by atoms with van der Waals surface area (Å²) in [6.07, 6.45) is 8.48. The van der Waals surface area contributed by atoms with Gasteiger partial charge in [0.1, 0.15) is 18.1 Å². The normalized spacial score (nSPS) is 11.3. The molecule has 0 aromatic heterocycles. The second-order valence-corrected chi connectivity index (χ2v) is 17.1. The summed E-state index contributed by atoms with van der Waals surface area (Å²) in [5.41, 5.74) is 1.91. The Bertz CT molecular complexity index is 1030. The van der Waals surface area contributed by atoms with Gasteiger partial charge in [-0.25, -0.2) is 0 Å². The second-order valence-electron chi connectivity index (χ2n) is 15.6. The summed E-state index contributed by atoms with van der Waals surface area (Å²) in [4.78, 5) is 12.3. The quantitative estimate of drug-likeness (QED) is 0.0393. The van der Waals surface area contributed by atoms with Gasteiger partial charge in [-0.2, -0.15) is 0 Å². The van der Waals surface area contributed by atoms with Gasteiger partial charge >= 0.3 is 0 Å². The number of nitrogens with one attached hydrogen (secondary N) is 2. The van der Waals surface area contributed by atoms with E-state index in [0.717, 1.165) is 111 Å². The summed E-state index contributed by atoms with van der Waals surface area (Å²) < 4.78 is 43.4. The lowest BCUT2D eigenvalue weighted by Crippen LogP contribution is -2.30. The first-order valence-electron chi connectivity index (χ1n) is 22.0. The summed E-state index contributed by atoms with van der Waals surface area (Å²) in [6, 6.07) is 3.67. The molecule has 0 aliphatic carbocycles. The number of Topliss-reactive ketones (excluding diaryl/α,β-unsaturated/α-hetero) is 1. The van der Waals surface area contributed by atoms with Crippen LogP contribution in [0.4, 0.5) is 0 Å². The molecule has 0 spiro atoms. The molecule has 2 N–H and O–H groups in total. The van der Waals surface area contributed by atoms with Crippen LogP contribution < -0.4 is 20.1 Å². The Morgan fingerprint density at radius 1 is 0.569 bits per heavy atom. The number of ketones is 1. The number of unbranched alkanes of at least 4 members (excludes halogenated alkanes) is 1. The van der Waals surface area contributed by atoms with Crippen molar-refractivity contribution in [3.63, 3.8) is 0 Å². The molecule has 11 nitrogen and oxygen atoms in total. The Balaban J connectivity index is -0.000000964. The molecule has 0 fully saturated rings. The third-order valence-electron chi connectivity index (χ3n) is 8.54. The first-order chi connectivity index (χ1) is 27.8. The first kappa shape index (κ1) is 60.9. The molecule has 1 rings (SSSR count). The number of benzene rings is 1. The van der Waals surface area contributed by atoms with E-state index in [0.29, 0.717) is 57.4 Å². The Hall–Kier alpha value is -1.40. The predicted octanol–water partition coefficient (Wildman–Crippen LogP) is 9.25. The average Bonchev–Trinajstić information content (AvgIpc) is 3.21. The number of hydrogen-bond donors (Lipinski definition) is 2. The van der Waals surface area contributed by atoms with E-state index in [1.807, 2.05) is 26.0 Å². The van der Waals surface area contributed by atoms with Gasteiger partial charge in [0.2, 0.25) is 0 Å². The van der Waals surface area contributed by atoms with Gasteiger partial charge in [-0.15, -0.1) is 8.58 Å². The van der Waals surface area contributed by atoms with Crippen molar-refractivity contribution in [3.05, 3.63) is 23.3 Å². The minimum atomic E-state index is 0.0670.